The predicted octanol–water partition coefficient (Wildman–Crippen LogP) is 3.80. The van der Waals surface area contributed by atoms with Crippen LogP contribution < -0.4 is 0 Å². The second kappa shape index (κ2) is 7.63. The van der Waals surface area contributed by atoms with Gasteiger partial charge in [0.25, 0.3) is 0 Å². The zero-order valence-corrected chi connectivity index (χ0v) is 12.7. The minimum atomic E-state index is 0.818. The molecule has 1 heterocycles. The molecule has 0 amide bonds. The molecule has 0 saturated carbocycles. The summed E-state index contributed by atoms with van der Waals surface area (Å²) in [7, 11) is 0. The van der Waals surface area contributed by atoms with Crippen LogP contribution in [0.1, 0.15) is 19.4 Å². The van der Waals surface area contributed by atoms with Crippen molar-refractivity contribution < 1.29 is 4.74 Å². The zero-order chi connectivity index (χ0) is 13.5. The van der Waals surface area contributed by atoms with Gasteiger partial charge in [-0.15, -0.1) is 11.3 Å². The number of ether oxygens (including phenoxy) is 1. The van der Waals surface area contributed by atoms with Crippen molar-refractivity contribution in [3.63, 3.8) is 0 Å². The molecule has 1 aromatic heterocycles. The van der Waals surface area contributed by atoms with Gasteiger partial charge in [-0.05, 0) is 48.0 Å². The van der Waals surface area contributed by atoms with E-state index in [0.29, 0.717) is 0 Å². The van der Waals surface area contributed by atoms with Crippen LogP contribution in [0.15, 0.2) is 29.6 Å². The number of hydrogen-bond donors (Lipinski definition) is 0. The normalized spacial score (nSPS) is 11.5. The monoisotopic (exact) mass is 277 g/mol. The van der Waals surface area contributed by atoms with E-state index in [2.05, 4.69) is 48.4 Å². The maximum absolute atomic E-state index is 5.73. The fourth-order valence-corrected chi connectivity index (χ4v) is 3.03. The van der Waals surface area contributed by atoms with Gasteiger partial charge in [0.2, 0.25) is 0 Å². The summed E-state index contributed by atoms with van der Waals surface area (Å²) >= 11 is 1.81. The first kappa shape index (κ1) is 14.5. The molecule has 0 N–H and O–H groups in total. The lowest BCUT2D eigenvalue weighted by molar-refractivity contribution is 0.109. The van der Waals surface area contributed by atoms with Gasteiger partial charge in [-0.1, -0.05) is 26.0 Å². The SMILES string of the molecule is CCN(CC)CCOCCc1ccc2ccsc2c1. The van der Waals surface area contributed by atoms with Crippen LogP contribution in [0.25, 0.3) is 10.1 Å². The number of thiophene rings is 1. The Morgan fingerprint density at radius 3 is 2.74 bits per heavy atom. The highest BCUT2D eigenvalue weighted by molar-refractivity contribution is 7.17. The minimum absolute atomic E-state index is 0.818. The molecule has 19 heavy (non-hydrogen) atoms. The first-order valence-corrected chi connectivity index (χ1v) is 7.97. The molecule has 3 heteroatoms. The molecule has 2 nitrogen and oxygen atoms in total. The number of benzene rings is 1. The molecular formula is C16H23NOS. The van der Waals surface area contributed by atoms with Crippen LogP contribution in [0.2, 0.25) is 0 Å². The topological polar surface area (TPSA) is 12.5 Å². The lowest BCUT2D eigenvalue weighted by atomic mass is 10.1. The standard InChI is InChI=1S/C16H23NOS/c1-3-17(4-2)9-11-18-10-7-14-5-6-15-8-12-19-16(15)13-14/h5-6,8,12-13H,3-4,7,9-11H2,1-2H3. The Morgan fingerprint density at radius 1 is 1.11 bits per heavy atom. The van der Waals surface area contributed by atoms with Gasteiger partial charge in [0.1, 0.15) is 0 Å². The van der Waals surface area contributed by atoms with Gasteiger partial charge in [-0.2, -0.15) is 0 Å². The number of rotatable bonds is 8. The summed E-state index contributed by atoms with van der Waals surface area (Å²) in [4.78, 5) is 2.39. The van der Waals surface area contributed by atoms with Crippen molar-refractivity contribution in [2.24, 2.45) is 0 Å². The number of nitrogens with zero attached hydrogens (tertiary/aromatic N) is 1. The van der Waals surface area contributed by atoms with Crippen molar-refractivity contribution in [1.29, 1.82) is 0 Å². The Hall–Kier alpha value is -0.900. The Bertz CT molecular complexity index is 490. The third-order valence-electron chi connectivity index (χ3n) is 3.50. The summed E-state index contributed by atoms with van der Waals surface area (Å²) in [5.41, 5.74) is 1.37. The highest BCUT2D eigenvalue weighted by atomic mass is 32.1. The molecular weight excluding hydrogens is 254 g/mol. The maximum atomic E-state index is 5.73. The van der Waals surface area contributed by atoms with E-state index in [1.54, 1.807) is 0 Å². The number of fused-ring (bicyclic) bond motifs is 1. The van der Waals surface area contributed by atoms with Gasteiger partial charge in [0, 0.05) is 11.2 Å². The number of likely N-dealkylation sites (N-methyl/N-ethyl adjacent to an activating group) is 1. The first-order valence-electron chi connectivity index (χ1n) is 7.09. The Kier molecular flexibility index (Phi) is 5.83. The van der Waals surface area contributed by atoms with Crippen LogP contribution in [0, 0.1) is 0 Å². The molecule has 0 unspecified atom stereocenters. The summed E-state index contributed by atoms with van der Waals surface area (Å²) in [5.74, 6) is 0. The van der Waals surface area contributed by atoms with Crippen LogP contribution in [-0.4, -0.2) is 37.7 Å². The third kappa shape index (κ3) is 4.30. The van der Waals surface area contributed by atoms with Gasteiger partial charge in [0.05, 0.1) is 13.2 Å². The van der Waals surface area contributed by atoms with Gasteiger partial charge in [-0.3, -0.25) is 0 Å². The molecule has 2 aromatic rings. The van der Waals surface area contributed by atoms with Crippen molar-refractivity contribution >= 4 is 21.4 Å². The quantitative estimate of drug-likeness (QED) is 0.680. The fourth-order valence-electron chi connectivity index (χ4n) is 2.18. The largest absolute Gasteiger partial charge is 0.380 e. The van der Waals surface area contributed by atoms with E-state index in [9.17, 15) is 0 Å². The third-order valence-corrected chi connectivity index (χ3v) is 4.38. The van der Waals surface area contributed by atoms with Gasteiger partial charge >= 0.3 is 0 Å². The molecule has 0 spiro atoms. The average Bonchev–Trinajstić information content (AvgIpc) is 2.90. The average molecular weight is 277 g/mol. The molecule has 0 atom stereocenters. The van der Waals surface area contributed by atoms with Crippen LogP contribution >= 0.6 is 11.3 Å². The zero-order valence-electron chi connectivity index (χ0n) is 11.9. The summed E-state index contributed by atoms with van der Waals surface area (Å²) < 4.78 is 7.10. The van der Waals surface area contributed by atoms with Gasteiger partial charge in [-0.25, -0.2) is 0 Å². The molecule has 0 aliphatic heterocycles. The van der Waals surface area contributed by atoms with E-state index in [-0.39, 0.29) is 0 Å². The molecule has 104 valence electrons. The van der Waals surface area contributed by atoms with Crippen LogP contribution in [0.5, 0.6) is 0 Å². The van der Waals surface area contributed by atoms with Crippen LogP contribution in [0.3, 0.4) is 0 Å². The molecule has 0 saturated heterocycles. The Balaban J connectivity index is 1.70. The van der Waals surface area contributed by atoms with Crippen LogP contribution in [-0.2, 0) is 11.2 Å². The highest BCUT2D eigenvalue weighted by Gasteiger charge is 2.00. The van der Waals surface area contributed by atoms with Crippen molar-refractivity contribution in [2.45, 2.75) is 20.3 Å². The summed E-state index contributed by atoms with van der Waals surface area (Å²) in [6.07, 6.45) is 1.01. The lowest BCUT2D eigenvalue weighted by Crippen LogP contribution is -2.27. The van der Waals surface area contributed by atoms with E-state index in [0.717, 1.165) is 39.3 Å². The van der Waals surface area contributed by atoms with E-state index in [1.165, 1.54) is 15.6 Å². The van der Waals surface area contributed by atoms with E-state index < -0.39 is 0 Å². The fraction of sp³-hybridized carbons (Fsp3) is 0.500. The second-order valence-electron chi connectivity index (χ2n) is 4.68. The van der Waals surface area contributed by atoms with E-state index in [4.69, 9.17) is 4.74 Å². The highest BCUT2D eigenvalue weighted by Crippen LogP contribution is 2.21. The Morgan fingerprint density at radius 2 is 1.95 bits per heavy atom. The lowest BCUT2D eigenvalue weighted by Gasteiger charge is -2.17. The van der Waals surface area contributed by atoms with Gasteiger partial charge < -0.3 is 9.64 Å². The molecule has 0 aliphatic rings. The summed E-state index contributed by atoms with van der Waals surface area (Å²) in [6.45, 7) is 9.29. The van der Waals surface area contributed by atoms with Crippen molar-refractivity contribution in [1.82, 2.24) is 4.90 Å². The van der Waals surface area contributed by atoms with Crippen molar-refractivity contribution in [3.05, 3.63) is 35.2 Å². The molecule has 0 aliphatic carbocycles. The molecule has 0 radical (unpaired) electrons. The van der Waals surface area contributed by atoms with Crippen molar-refractivity contribution in [3.8, 4) is 0 Å². The Labute approximate surface area is 120 Å². The smallest absolute Gasteiger partial charge is 0.0593 e. The number of hydrogen-bond acceptors (Lipinski definition) is 3. The van der Waals surface area contributed by atoms with E-state index >= 15 is 0 Å². The molecule has 1 aromatic carbocycles. The molecule has 0 fully saturated rings. The molecule has 2 rings (SSSR count). The van der Waals surface area contributed by atoms with Crippen LogP contribution in [0.4, 0.5) is 0 Å². The van der Waals surface area contributed by atoms with E-state index in [1.807, 2.05) is 11.3 Å². The first-order chi connectivity index (χ1) is 9.33. The maximum Gasteiger partial charge on any atom is 0.0593 e. The predicted molar refractivity (Wildman–Crippen MR) is 84.1 cm³/mol. The summed E-state index contributed by atoms with van der Waals surface area (Å²) in [6, 6.07) is 8.87. The summed E-state index contributed by atoms with van der Waals surface area (Å²) in [5, 5.41) is 3.49. The van der Waals surface area contributed by atoms with Crippen molar-refractivity contribution in [2.75, 3.05) is 32.8 Å². The van der Waals surface area contributed by atoms with Gasteiger partial charge in [0.15, 0.2) is 0 Å². The second-order valence-corrected chi connectivity index (χ2v) is 5.63. The molecule has 0 bridgehead atoms. The minimum Gasteiger partial charge on any atom is -0.380 e.